The van der Waals surface area contributed by atoms with Gasteiger partial charge in [0.2, 0.25) is 0 Å². The maximum atomic E-state index is 11.6. The molecule has 1 rings (SSSR count). The van der Waals surface area contributed by atoms with Gasteiger partial charge in [-0.3, -0.25) is 0 Å². The van der Waals surface area contributed by atoms with Crippen molar-refractivity contribution in [3.63, 3.8) is 0 Å². The minimum absolute atomic E-state index is 0.309. The van der Waals surface area contributed by atoms with Gasteiger partial charge in [0.15, 0.2) is 0 Å². The Balaban J connectivity index is 2.47. The number of aliphatic carboxylic acids is 1. The second-order valence-electron chi connectivity index (χ2n) is 3.99. The van der Waals surface area contributed by atoms with E-state index in [2.05, 4.69) is 20.6 Å². The van der Waals surface area contributed by atoms with Gasteiger partial charge in [0.05, 0.1) is 6.04 Å². The lowest BCUT2D eigenvalue weighted by Crippen LogP contribution is -2.46. The highest BCUT2D eigenvalue weighted by Gasteiger charge is 2.20. The maximum absolute atomic E-state index is 11.6. The third-order valence-corrected chi connectivity index (χ3v) is 2.46. The van der Waals surface area contributed by atoms with Gasteiger partial charge in [0.1, 0.15) is 11.9 Å². The number of H-pyrrole nitrogens is 1. The van der Waals surface area contributed by atoms with E-state index < -0.39 is 18.0 Å². The summed E-state index contributed by atoms with van der Waals surface area (Å²) in [5.41, 5.74) is 0. The van der Waals surface area contributed by atoms with E-state index in [1.165, 1.54) is 0 Å². The molecular formula is C11H18N4O3. The Bertz CT molecular complexity index is 391. The van der Waals surface area contributed by atoms with Gasteiger partial charge in [-0.2, -0.15) is 0 Å². The smallest absolute Gasteiger partial charge is 0.326 e. The summed E-state index contributed by atoms with van der Waals surface area (Å²) in [6, 6.07) is -1.69. The van der Waals surface area contributed by atoms with Crippen LogP contribution in [0.1, 0.15) is 38.6 Å². The van der Waals surface area contributed by atoms with Crippen LogP contribution >= 0.6 is 0 Å². The molecular weight excluding hydrogens is 236 g/mol. The summed E-state index contributed by atoms with van der Waals surface area (Å²) < 4.78 is 0. The third kappa shape index (κ3) is 4.08. The molecule has 0 aliphatic carbocycles. The molecule has 0 aliphatic heterocycles. The van der Waals surface area contributed by atoms with Gasteiger partial charge < -0.3 is 20.7 Å². The van der Waals surface area contributed by atoms with Crippen LogP contribution in [0.2, 0.25) is 0 Å². The van der Waals surface area contributed by atoms with Crippen LogP contribution < -0.4 is 10.6 Å². The predicted molar refractivity (Wildman–Crippen MR) is 65.0 cm³/mol. The van der Waals surface area contributed by atoms with Crippen LogP contribution in [0, 0.1) is 0 Å². The van der Waals surface area contributed by atoms with Crippen LogP contribution in [0.15, 0.2) is 12.4 Å². The lowest BCUT2D eigenvalue weighted by Gasteiger charge is -2.16. The minimum atomic E-state index is -1.03. The van der Waals surface area contributed by atoms with E-state index >= 15 is 0 Å². The van der Waals surface area contributed by atoms with Gasteiger partial charge in [-0.1, -0.05) is 13.3 Å². The molecule has 7 heteroatoms. The molecule has 1 aromatic heterocycles. The Morgan fingerprint density at radius 2 is 2.22 bits per heavy atom. The molecule has 1 aromatic rings. The minimum Gasteiger partial charge on any atom is -0.480 e. The number of carboxylic acids is 1. The number of carboxylic acid groups (broad SMARTS) is 1. The first-order chi connectivity index (χ1) is 8.54. The number of amides is 2. The molecule has 2 amide bonds. The van der Waals surface area contributed by atoms with Gasteiger partial charge in [-0.05, 0) is 13.3 Å². The number of carbonyl (C=O) groups is 2. The Labute approximate surface area is 105 Å². The van der Waals surface area contributed by atoms with Gasteiger partial charge in [0, 0.05) is 12.4 Å². The van der Waals surface area contributed by atoms with Crippen molar-refractivity contribution in [2.24, 2.45) is 0 Å². The Morgan fingerprint density at radius 1 is 1.50 bits per heavy atom. The van der Waals surface area contributed by atoms with Crippen LogP contribution in [0.25, 0.3) is 0 Å². The number of hydrogen-bond acceptors (Lipinski definition) is 3. The average Bonchev–Trinajstić information content (AvgIpc) is 2.81. The van der Waals surface area contributed by atoms with Crippen molar-refractivity contribution in [2.45, 2.75) is 38.8 Å². The number of urea groups is 1. The summed E-state index contributed by atoms with van der Waals surface area (Å²) in [7, 11) is 0. The van der Waals surface area contributed by atoms with E-state index in [0.29, 0.717) is 18.7 Å². The summed E-state index contributed by atoms with van der Waals surface area (Å²) in [5.74, 6) is -0.412. The molecule has 0 aromatic carbocycles. The predicted octanol–water partition coefficient (Wildman–Crippen LogP) is 1.02. The van der Waals surface area contributed by atoms with Gasteiger partial charge in [0.25, 0.3) is 0 Å². The van der Waals surface area contributed by atoms with Crippen LogP contribution in [-0.4, -0.2) is 33.1 Å². The number of imidazole rings is 1. The molecule has 0 spiro atoms. The zero-order chi connectivity index (χ0) is 13.5. The van der Waals surface area contributed by atoms with Crippen molar-refractivity contribution in [1.29, 1.82) is 0 Å². The van der Waals surface area contributed by atoms with E-state index in [0.717, 1.165) is 0 Å². The normalized spacial score (nSPS) is 13.7. The van der Waals surface area contributed by atoms with E-state index in [1.807, 2.05) is 6.92 Å². The fourth-order valence-electron chi connectivity index (χ4n) is 1.53. The lowest BCUT2D eigenvalue weighted by atomic mass is 10.2. The highest BCUT2D eigenvalue weighted by Crippen LogP contribution is 2.05. The summed E-state index contributed by atoms with van der Waals surface area (Å²) in [5, 5.41) is 13.9. The standard InChI is InChI=1S/C11H18N4O3/c1-3-4-8(10(16)17)15-11(18)14-7(2)9-12-5-6-13-9/h5-8H,3-4H2,1-2H3,(H,12,13)(H,16,17)(H2,14,15,18)/t7?,8-/m1/s1. The summed E-state index contributed by atoms with van der Waals surface area (Å²) >= 11 is 0. The number of carbonyl (C=O) groups excluding carboxylic acids is 1. The monoisotopic (exact) mass is 254 g/mol. The lowest BCUT2D eigenvalue weighted by molar-refractivity contribution is -0.139. The van der Waals surface area contributed by atoms with Crippen LogP contribution in [-0.2, 0) is 4.79 Å². The average molecular weight is 254 g/mol. The SMILES string of the molecule is CCC[C@@H](NC(=O)NC(C)c1ncc[nH]1)C(=O)O. The van der Waals surface area contributed by atoms with E-state index in [9.17, 15) is 9.59 Å². The number of aromatic nitrogens is 2. The van der Waals surface area contributed by atoms with Gasteiger partial charge in [-0.25, -0.2) is 14.6 Å². The Hall–Kier alpha value is -2.05. The Kier molecular flexibility index (Phi) is 5.16. The number of hydrogen-bond donors (Lipinski definition) is 4. The first-order valence-electron chi connectivity index (χ1n) is 5.83. The molecule has 4 N–H and O–H groups in total. The molecule has 0 fully saturated rings. The zero-order valence-electron chi connectivity index (χ0n) is 10.4. The highest BCUT2D eigenvalue weighted by molar-refractivity contribution is 5.82. The number of nitrogens with zero attached hydrogens (tertiary/aromatic N) is 1. The molecule has 1 unspecified atom stereocenters. The van der Waals surface area contributed by atoms with Gasteiger partial charge in [-0.15, -0.1) is 0 Å². The van der Waals surface area contributed by atoms with E-state index in [1.54, 1.807) is 19.3 Å². The maximum Gasteiger partial charge on any atom is 0.326 e. The first-order valence-corrected chi connectivity index (χ1v) is 5.83. The molecule has 2 atom stereocenters. The van der Waals surface area contributed by atoms with Crippen LogP contribution in [0.3, 0.4) is 0 Å². The second kappa shape index (κ2) is 6.63. The van der Waals surface area contributed by atoms with Crippen molar-refractivity contribution in [3.8, 4) is 0 Å². The number of rotatable bonds is 6. The van der Waals surface area contributed by atoms with Crippen molar-refractivity contribution in [2.75, 3.05) is 0 Å². The van der Waals surface area contributed by atoms with Crippen molar-refractivity contribution >= 4 is 12.0 Å². The molecule has 0 aliphatic rings. The van der Waals surface area contributed by atoms with Crippen molar-refractivity contribution in [1.82, 2.24) is 20.6 Å². The van der Waals surface area contributed by atoms with E-state index in [-0.39, 0.29) is 6.04 Å². The second-order valence-corrected chi connectivity index (χ2v) is 3.99. The largest absolute Gasteiger partial charge is 0.480 e. The molecule has 1 heterocycles. The first kappa shape index (κ1) is 14.0. The fourth-order valence-corrected chi connectivity index (χ4v) is 1.53. The van der Waals surface area contributed by atoms with Crippen molar-refractivity contribution in [3.05, 3.63) is 18.2 Å². The topological polar surface area (TPSA) is 107 Å². The third-order valence-electron chi connectivity index (χ3n) is 2.46. The molecule has 0 bridgehead atoms. The van der Waals surface area contributed by atoms with Crippen LogP contribution in [0.5, 0.6) is 0 Å². The summed E-state index contributed by atoms with van der Waals surface area (Å²) in [6.07, 6.45) is 4.33. The molecule has 0 saturated heterocycles. The highest BCUT2D eigenvalue weighted by atomic mass is 16.4. The Morgan fingerprint density at radius 3 is 2.72 bits per heavy atom. The summed E-state index contributed by atoms with van der Waals surface area (Å²) in [6.45, 7) is 3.62. The molecule has 100 valence electrons. The van der Waals surface area contributed by atoms with Gasteiger partial charge >= 0.3 is 12.0 Å². The molecule has 18 heavy (non-hydrogen) atoms. The fraction of sp³-hybridized carbons (Fsp3) is 0.545. The zero-order valence-corrected chi connectivity index (χ0v) is 10.4. The summed E-state index contributed by atoms with van der Waals surface area (Å²) in [4.78, 5) is 29.4. The quantitative estimate of drug-likeness (QED) is 0.608. The van der Waals surface area contributed by atoms with Crippen molar-refractivity contribution < 1.29 is 14.7 Å². The molecule has 0 saturated carbocycles. The van der Waals surface area contributed by atoms with Crippen LogP contribution in [0.4, 0.5) is 4.79 Å². The molecule has 7 nitrogen and oxygen atoms in total. The molecule has 0 radical (unpaired) electrons. The van der Waals surface area contributed by atoms with E-state index in [4.69, 9.17) is 5.11 Å². The number of aromatic amines is 1. The number of nitrogens with one attached hydrogen (secondary N) is 3.